The van der Waals surface area contributed by atoms with E-state index in [0.717, 1.165) is 28.8 Å². The van der Waals surface area contributed by atoms with Crippen LogP contribution in [0.3, 0.4) is 0 Å². The summed E-state index contributed by atoms with van der Waals surface area (Å²) in [5, 5.41) is 14.1. The topological polar surface area (TPSA) is 64.3 Å². The molecular weight excluding hydrogens is 467 g/mol. The van der Waals surface area contributed by atoms with Crippen LogP contribution in [0.4, 0.5) is 4.39 Å². The van der Waals surface area contributed by atoms with Crippen LogP contribution in [0.15, 0.2) is 109 Å². The molecule has 0 aliphatic rings. The maximum absolute atomic E-state index is 13.7. The van der Waals surface area contributed by atoms with Crippen molar-refractivity contribution in [2.75, 3.05) is 6.61 Å². The van der Waals surface area contributed by atoms with Gasteiger partial charge in [-0.25, -0.2) is 9.18 Å². The van der Waals surface area contributed by atoms with Crippen molar-refractivity contribution in [1.82, 2.24) is 9.78 Å². The van der Waals surface area contributed by atoms with Crippen molar-refractivity contribution >= 4 is 5.97 Å². The standard InChI is InChI=1S/C31H25FN2O3/c32-26-14-11-24(12-15-26)29-20-28(33-34(29)18-17-22-7-3-1-4-8-22)27-19-25(23-9-5-2-6-10-23)13-16-30(27)37-21-31(35)36/h1-16,19-20H,17-18,21H2,(H,35,36). The molecule has 1 aromatic heterocycles. The number of benzene rings is 4. The second kappa shape index (κ2) is 10.9. The highest BCUT2D eigenvalue weighted by Crippen LogP contribution is 2.36. The van der Waals surface area contributed by atoms with Crippen LogP contribution in [0.25, 0.3) is 33.6 Å². The molecule has 0 aliphatic heterocycles. The van der Waals surface area contributed by atoms with Crippen molar-refractivity contribution in [3.8, 4) is 39.4 Å². The number of aryl methyl sites for hydroxylation is 2. The van der Waals surface area contributed by atoms with Gasteiger partial charge in [-0.3, -0.25) is 4.68 Å². The van der Waals surface area contributed by atoms with Crippen LogP contribution in [0, 0.1) is 5.82 Å². The van der Waals surface area contributed by atoms with E-state index in [-0.39, 0.29) is 5.82 Å². The summed E-state index contributed by atoms with van der Waals surface area (Å²) < 4.78 is 21.2. The number of carboxylic acids is 1. The number of nitrogens with zero attached hydrogens (tertiary/aromatic N) is 2. The zero-order valence-electron chi connectivity index (χ0n) is 20.0. The summed E-state index contributed by atoms with van der Waals surface area (Å²) >= 11 is 0. The lowest BCUT2D eigenvalue weighted by molar-refractivity contribution is -0.139. The molecule has 37 heavy (non-hydrogen) atoms. The summed E-state index contributed by atoms with van der Waals surface area (Å²) in [4.78, 5) is 11.2. The van der Waals surface area contributed by atoms with Gasteiger partial charge in [0.05, 0.1) is 11.4 Å². The Kier molecular flexibility index (Phi) is 7.08. The van der Waals surface area contributed by atoms with Crippen LogP contribution in [-0.4, -0.2) is 27.5 Å². The predicted octanol–water partition coefficient (Wildman–Crippen LogP) is 6.73. The zero-order valence-corrected chi connectivity index (χ0v) is 20.0. The Labute approximate surface area is 214 Å². The van der Waals surface area contributed by atoms with Crippen molar-refractivity contribution in [3.63, 3.8) is 0 Å². The van der Waals surface area contributed by atoms with E-state index in [1.807, 2.05) is 71.4 Å². The van der Waals surface area contributed by atoms with E-state index in [0.29, 0.717) is 23.6 Å². The van der Waals surface area contributed by atoms with Crippen molar-refractivity contribution in [1.29, 1.82) is 0 Å². The van der Waals surface area contributed by atoms with Gasteiger partial charge in [0.2, 0.25) is 0 Å². The maximum atomic E-state index is 13.7. The molecule has 0 spiro atoms. The Morgan fingerprint density at radius 2 is 1.49 bits per heavy atom. The largest absolute Gasteiger partial charge is 0.481 e. The van der Waals surface area contributed by atoms with Gasteiger partial charge in [0.15, 0.2) is 6.61 Å². The average Bonchev–Trinajstić information content (AvgIpc) is 3.36. The van der Waals surface area contributed by atoms with E-state index in [9.17, 15) is 14.3 Å². The van der Waals surface area contributed by atoms with Gasteiger partial charge in [0.1, 0.15) is 11.6 Å². The Bertz CT molecular complexity index is 1500. The monoisotopic (exact) mass is 492 g/mol. The van der Waals surface area contributed by atoms with E-state index in [1.165, 1.54) is 17.7 Å². The SMILES string of the molecule is O=C(O)COc1ccc(-c2ccccc2)cc1-c1cc(-c2ccc(F)cc2)n(CCc2ccccc2)n1. The fourth-order valence-electron chi connectivity index (χ4n) is 4.26. The number of carboxylic acid groups (broad SMARTS) is 1. The smallest absolute Gasteiger partial charge is 0.341 e. The summed E-state index contributed by atoms with van der Waals surface area (Å²) in [5.41, 5.74) is 6.16. The average molecular weight is 493 g/mol. The number of ether oxygens (including phenoxy) is 1. The van der Waals surface area contributed by atoms with Gasteiger partial charge in [0, 0.05) is 17.7 Å². The van der Waals surface area contributed by atoms with E-state index < -0.39 is 12.6 Å². The van der Waals surface area contributed by atoms with Crippen LogP contribution in [-0.2, 0) is 17.8 Å². The first-order valence-electron chi connectivity index (χ1n) is 12.0. The first-order valence-corrected chi connectivity index (χ1v) is 12.0. The summed E-state index contributed by atoms with van der Waals surface area (Å²) in [5.74, 6) is -0.932. The van der Waals surface area contributed by atoms with E-state index in [1.54, 1.807) is 18.2 Å². The second-order valence-corrected chi connectivity index (χ2v) is 8.64. The molecule has 0 saturated carbocycles. The van der Waals surface area contributed by atoms with E-state index in [2.05, 4.69) is 12.1 Å². The first kappa shape index (κ1) is 24.0. The number of aliphatic carboxylic acids is 1. The second-order valence-electron chi connectivity index (χ2n) is 8.64. The number of carbonyl (C=O) groups is 1. The minimum atomic E-state index is -1.06. The van der Waals surface area contributed by atoms with Gasteiger partial charge in [-0.2, -0.15) is 5.10 Å². The molecular formula is C31H25FN2O3. The molecule has 4 aromatic carbocycles. The van der Waals surface area contributed by atoms with Crippen LogP contribution in [0.1, 0.15) is 5.56 Å². The van der Waals surface area contributed by atoms with Crippen molar-refractivity contribution < 1.29 is 19.0 Å². The molecule has 1 heterocycles. The molecule has 1 N–H and O–H groups in total. The quantitative estimate of drug-likeness (QED) is 0.248. The minimum absolute atomic E-state index is 0.306. The van der Waals surface area contributed by atoms with Gasteiger partial charge in [-0.05, 0) is 65.6 Å². The lowest BCUT2D eigenvalue weighted by atomic mass is 10.0. The van der Waals surface area contributed by atoms with Gasteiger partial charge in [0.25, 0.3) is 0 Å². The molecule has 0 radical (unpaired) electrons. The summed E-state index contributed by atoms with van der Waals surface area (Å²) in [6.45, 7) is 0.150. The molecule has 0 amide bonds. The first-order chi connectivity index (χ1) is 18.1. The number of aromatic nitrogens is 2. The molecule has 0 bridgehead atoms. The van der Waals surface area contributed by atoms with Crippen molar-refractivity contribution in [2.45, 2.75) is 13.0 Å². The molecule has 5 nitrogen and oxygen atoms in total. The van der Waals surface area contributed by atoms with E-state index in [4.69, 9.17) is 9.84 Å². The number of hydrogen-bond donors (Lipinski definition) is 1. The lowest BCUT2D eigenvalue weighted by Crippen LogP contribution is -2.10. The van der Waals surface area contributed by atoms with Crippen molar-refractivity contribution in [3.05, 3.63) is 121 Å². The summed E-state index contributed by atoms with van der Waals surface area (Å²) in [6, 6.07) is 34.0. The molecule has 0 unspecified atom stereocenters. The molecule has 0 saturated heterocycles. The molecule has 0 atom stereocenters. The fraction of sp³-hybridized carbons (Fsp3) is 0.0968. The molecule has 5 aromatic rings. The third-order valence-corrected chi connectivity index (χ3v) is 6.09. The highest BCUT2D eigenvalue weighted by atomic mass is 19.1. The zero-order chi connectivity index (χ0) is 25.6. The van der Waals surface area contributed by atoms with Gasteiger partial charge >= 0.3 is 5.97 Å². The highest BCUT2D eigenvalue weighted by molar-refractivity contribution is 5.79. The number of hydrogen-bond acceptors (Lipinski definition) is 3. The third-order valence-electron chi connectivity index (χ3n) is 6.09. The Balaban J connectivity index is 1.59. The van der Waals surface area contributed by atoms with Crippen LogP contribution in [0.5, 0.6) is 5.75 Å². The molecule has 6 heteroatoms. The summed E-state index contributed by atoms with van der Waals surface area (Å²) in [6.07, 6.45) is 0.766. The van der Waals surface area contributed by atoms with Gasteiger partial charge < -0.3 is 9.84 Å². The fourth-order valence-corrected chi connectivity index (χ4v) is 4.26. The molecule has 5 rings (SSSR count). The van der Waals surface area contributed by atoms with E-state index >= 15 is 0 Å². The van der Waals surface area contributed by atoms with Gasteiger partial charge in [-0.15, -0.1) is 0 Å². The number of halogens is 1. The number of rotatable bonds is 9. The molecule has 0 aliphatic carbocycles. The van der Waals surface area contributed by atoms with Crippen LogP contribution in [0.2, 0.25) is 0 Å². The highest BCUT2D eigenvalue weighted by Gasteiger charge is 2.17. The Morgan fingerprint density at radius 1 is 0.811 bits per heavy atom. The normalized spacial score (nSPS) is 10.8. The minimum Gasteiger partial charge on any atom is -0.481 e. The Hall–Kier alpha value is -4.71. The lowest BCUT2D eigenvalue weighted by Gasteiger charge is -2.11. The molecule has 0 fully saturated rings. The maximum Gasteiger partial charge on any atom is 0.341 e. The third kappa shape index (κ3) is 5.76. The summed E-state index contributed by atoms with van der Waals surface area (Å²) in [7, 11) is 0. The van der Waals surface area contributed by atoms with Crippen molar-refractivity contribution in [2.24, 2.45) is 0 Å². The van der Waals surface area contributed by atoms with Crippen LogP contribution < -0.4 is 4.74 Å². The van der Waals surface area contributed by atoms with Crippen LogP contribution >= 0.6 is 0 Å². The van der Waals surface area contributed by atoms with Gasteiger partial charge in [-0.1, -0.05) is 66.7 Å². The predicted molar refractivity (Wildman–Crippen MR) is 142 cm³/mol. The molecule has 184 valence electrons. The Morgan fingerprint density at radius 3 is 2.19 bits per heavy atom.